The number of nitrogens with zero attached hydrogens (tertiary/aromatic N) is 2. The molecule has 0 spiro atoms. The molecule has 0 aromatic rings. The SMILES string of the molecule is CC.N=[N+]=NC1CN[C@H]2[C@@H]1OCC2([O-])[O-].[Rb+].[Rb+]. The maximum Gasteiger partial charge on any atom is 1.00 e. The maximum atomic E-state index is 11.2. The van der Waals surface area contributed by atoms with Crippen molar-refractivity contribution < 1.29 is 131 Å². The summed E-state index contributed by atoms with van der Waals surface area (Å²) >= 11 is 0. The number of hydrogen-bond acceptors (Lipinski definition) is 6. The van der Waals surface area contributed by atoms with E-state index in [9.17, 15) is 10.2 Å². The van der Waals surface area contributed by atoms with Crippen molar-refractivity contribution in [1.29, 1.82) is 5.53 Å². The van der Waals surface area contributed by atoms with Gasteiger partial charge < -0.3 is 20.3 Å². The second kappa shape index (κ2) is 10.5. The van der Waals surface area contributed by atoms with E-state index in [0.717, 1.165) is 0 Å². The first kappa shape index (κ1) is 22.0. The molecule has 2 fully saturated rings. The zero-order valence-electron chi connectivity index (χ0n) is 10.8. The molecule has 2 heterocycles. The summed E-state index contributed by atoms with van der Waals surface area (Å²) in [6, 6.07) is -1.12. The van der Waals surface area contributed by atoms with Gasteiger partial charge in [-0.25, -0.2) is 0 Å². The molecule has 2 rings (SSSR count). The average molecular weight is 386 g/mol. The molecule has 2 aliphatic heterocycles. The normalized spacial score (nSPS) is 31.9. The molecule has 9 heteroatoms. The number of nitrogens with one attached hydrogen (secondary N) is 2. The molecule has 0 aliphatic carbocycles. The van der Waals surface area contributed by atoms with Crippen LogP contribution >= 0.6 is 0 Å². The van der Waals surface area contributed by atoms with Crippen molar-refractivity contribution in [3.05, 3.63) is 0 Å². The van der Waals surface area contributed by atoms with Crippen LogP contribution in [0.15, 0.2) is 5.11 Å². The molecule has 86 valence electrons. The molecule has 0 radical (unpaired) electrons. The summed E-state index contributed by atoms with van der Waals surface area (Å²) in [5, 5.41) is 28.7. The largest absolute Gasteiger partial charge is 1.00 e. The van der Waals surface area contributed by atoms with E-state index in [1.807, 2.05) is 13.8 Å². The van der Waals surface area contributed by atoms with E-state index < -0.39 is 17.9 Å². The molecule has 7 nitrogen and oxygen atoms in total. The van der Waals surface area contributed by atoms with Crippen LogP contribution in [0.1, 0.15) is 13.8 Å². The monoisotopic (exact) mass is 385 g/mol. The molecule has 1 unspecified atom stereocenters. The van der Waals surface area contributed by atoms with E-state index in [0.29, 0.717) is 6.54 Å². The Hall–Kier alpha value is 2.76. The summed E-state index contributed by atoms with van der Waals surface area (Å²) < 4.78 is 5.03. The van der Waals surface area contributed by atoms with Crippen molar-refractivity contribution in [3.8, 4) is 0 Å². The zero-order valence-corrected chi connectivity index (χ0v) is 20.6. The Labute approximate surface area is 198 Å². The summed E-state index contributed by atoms with van der Waals surface area (Å²) in [5.41, 5.74) is 6.54. The standard InChI is InChI=1S/C6H9N4O3.C2H6.2Rb/c7-10-9-3-1-8-5-4(3)13-2-6(5,11)12;1-2;;/h3-5,7-8H,1-2H2;1-2H3;;/q-1;;2*+1/t3?,4-,5+;;;/m1.../s1. The fourth-order valence-corrected chi connectivity index (χ4v) is 1.80. The van der Waals surface area contributed by atoms with Crippen LogP contribution in [0.2, 0.25) is 0 Å². The van der Waals surface area contributed by atoms with Crippen molar-refractivity contribution >= 4 is 0 Å². The van der Waals surface area contributed by atoms with Crippen molar-refractivity contribution in [2.24, 2.45) is 5.11 Å². The van der Waals surface area contributed by atoms with Gasteiger partial charge in [-0.1, -0.05) is 13.8 Å². The van der Waals surface area contributed by atoms with Crippen LogP contribution in [-0.4, -0.2) is 37.1 Å². The third-order valence-corrected chi connectivity index (χ3v) is 2.41. The van der Waals surface area contributed by atoms with E-state index in [1.54, 1.807) is 0 Å². The smallest absolute Gasteiger partial charge is 0.860 e. The molecule has 0 bridgehead atoms. The van der Waals surface area contributed by atoms with Gasteiger partial charge in [0.15, 0.2) is 6.04 Å². The minimum absolute atomic E-state index is 0. The minimum atomic E-state index is -2.32. The topological polar surface area (TPSA) is 118 Å². The first-order chi connectivity index (χ1) is 7.15. The van der Waals surface area contributed by atoms with Crippen LogP contribution in [0, 0.1) is 5.53 Å². The van der Waals surface area contributed by atoms with Crippen molar-refractivity contribution in [3.63, 3.8) is 0 Å². The van der Waals surface area contributed by atoms with Gasteiger partial charge in [0.05, 0.1) is 0 Å². The number of rotatable bonds is 1. The maximum absolute atomic E-state index is 11.2. The molecule has 17 heavy (non-hydrogen) atoms. The first-order valence-corrected chi connectivity index (χ1v) is 4.97. The van der Waals surface area contributed by atoms with Crippen molar-refractivity contribution in [2.75, 3.05) is 13.2 Å². The molecule has 0 aromatic heterocycles. The number of fused-ring (bicyclic) bond motifs is 1. The quantitative estimate of drug-likeness (QED) is 0.264. The van der Waals surface area contributed by atoms with Gasteiger partial charge in [0, 0.05) is 19.2 Å². The van der Waals surface area contributed by atoms with Gasteiger partial charge in [-0.2, -0.15) is 5.79 Å². The first-order valence-electron chi connectivity index (χ1n) is 4.97. The van der Waals surface area contributed by atoms with Crippen molar-refractivity contribution in [2.45, 2.75) is 37.8 Å². The Bertz CT molecular complexity index is 273. The molecule has 0 saturated carbocycles. The molecule has 2 aliphatic rings. The number of hydrogen-bond donors (Lipinski definition) is 2. The van der Waals surface area contributed by atoms with E-state index in [1.165, 1.54) is 0 Å². The third-order valence-electron chi connectivity index (χ3n) is 2.41. The number of ether oxygens (including phenoxy) is 1. The Kier molecular flexibility index (Phi) is 13.6. The van der Waals surface area contributed by atoms with Crippen LogP contribution < -0.4 is 137 Å². The minimum Gasteiger partial charge on any atom is -0.860 e. The van der Waals surface area contributed by atoms with Gasteiger partial charge in [-0.15, -0.1) is 0 Å². The van der Waals surface area contributed by atoms with Gasteiger partial charge in [0.2, 0.25) is 4.91 Å². The van der Waals surface area contributed by atoms with Gasteiger partial charge >= 0.3 is 116 Å². The summed E-state index contributed by atoms with van der Waals surface area (Å²) in [6.45, 7) is 4.03. The Morgan fingerprint density at radius 2 is 2.00 bits per heavy atom. The summed E-state index contributed by atoms with van der Waals surface area (Å²) in [7, 11) is 0. The molecule has 2 saturated heterocycles. The molecular weight excluding hydrogens is 371 g/mol. The van der Waals surface area contributed by atoms with Gasteiger partial charge in [0.1, 0.15) is 16.7 Å². The van der Waals surface area contributed by atoms with Gasteiger partial charge in [-0.3, -0.25) is 0 Å². The predicted molar refractivity (Wildman–Crippen MR) is 46.7 cm³/mol. The predicted octanol–water partition coefficient (Wildman–Crippen LogP) is -8.27. The van der Waals surface area contributed by atoms with Gasteiger partial charge in [-0.05, 0) is 0 Å². The summed E-state index contributed by atoms with van der Waals surface area (Å²) in [5.74, 6) is -2.32. The van der Waals surface area contributed by atoms with Crippen LogP contribution in [0.3, 0.4) is 0 Å². The van der Waals surface area contributed by atoms with E-state index in [2.05, 4.69) is 15.3 Å². The zero-order chi connectivity index (χ0) is 11.5. The Morgan fingerprint density at radius 1 is 1.41 bits per heavy atom. The average Bonchev–Trinajstić information content (AvgIpc) is 2.74. The summed E-state index contributed by atoms with van der Waals surface area (Å²) in [6.07, 6.45) is -0.510. The fourth-order valence-electron chi connectivity index (χ4n) is 1.80. The second-order valence-corrected chi connectivity index (χ2v) is 3.26. The molecule has 0 aromatic carbocycles. The van der Waals surface area contributed by atoms with Crippen LogP contribution in [0.25, 0.3) is 0 Å². The van der Waals surface area contributed by atoms with Crippen molar-refractivity contribution in [1.82, 2.24) is 10.2 Å². The third kappa shape index (κ3) is 5.57. The molecule has 3 atom stereocenters. The van der Waals surface area contributed by atoms with Crippen LogP contribution in [-0.2, 0) is 4.74 Å². The van der Waals surface area contributed by atoms with E-state index >= 15 is 0 Å². The van der Waals surface area contributed by atoms with E-state index in [4.69, 9.17) is 10.3 Å². The Morgan fingerprint density at radius 3 is 2.53 bits per heavy atom. The van der Waals surface area contributed by atoms with E-state index in [-0.39, 0.29) is 129 Å². The Balaban J connectivity index is 0. The molecule has 2 N–H and O–H groups in total. The fraction of sp³-hybridized carbons (Fsp3) is 1.00. The molecule has 0 amide bonds. The van der Waals surface area contributed by atoms with Crippen LogP contribution in [0.5, 0.6) is 0 Å². The second-order valence-electron chi connectivity index (χ2n) is 3.26. The van der Waals surface area contributed by atoms with Crippen LogP contribution in [0.4, 0.5) is 0 Å². The van der Waals surface area contributed by atoms with Gasteiger partial charge in [0.25, 0.3) is 0 Å². The molecular formula is C8H15N4O3Rb2+. The summed E-state index contributed by atoms with van der Waals surface area (Å²) in [4.78, 5) is 2.88.